The Morgan fingerprint density at radius 3 is 2.89 bits per heavy atom. The summed E-state index contributed by atoms with van der Waals surface area (Å²) in [6.07, 6.45) is 0.969. The van der Waals surface area contributed by atoms with E-state index in [1.54, 1.807) is 0 Å². The van der Waals surface area contributed by atoms with Gasteiger partial charge in [0.05, 0.1) is 0 Å². The fourth-order valence-electron chi connectivity index (χ4n) is 1.33. The first-order chi connectivity index (χ1) is 9.17. The van der Waals surface area contributed by atoms with Crippen LogP contribution in [-0.2, 0) is 0 Å². The molecule has 1 heterocycles. The molecule has 7 heteroatoms. The molecule has 5 nitrogen and oxygen atoms in total. The Labute approximate surface area is 129 Å². The number of anilines is 1. The SMILES string of the molecule is CCCNc1nc(Cl)nc(Oc2cccc(I)c2)n1. The van der Waals surface area contributed by atoms with E-state index in [4.69, 9.17) is 16.3 Å². The van der Waals surface area contributed by atoms with Crippen molar-refractivity contribution in [3.05, 3.63) is 33.1 Å². The summed E-state index contributed by atoms with van der Waals surface area (Å²) in [6, 6.07) is 7.77. The van der Waals surface area contributed by atoms with Gasteiger partial charge in [0.2, 0.25) is 11.2 Å². The lowest BCUT2D eigenvalue weighted by molar-refractivity contribution is 0.440. The molecular weight excluding hydrogens is 379 g/mol. The van der Waals surface area contributed by atoms with Gasteiger partial charge in [0, 0.05) is 10.1 Å². The van der Waals surface area contributed by atoms with Gasteiger partial charge in [-0.05, 0) is 58.8 Å². The fourth-order valence-corrected chi connectivity index (χ4v) is 2.00. The Balaban J connectivity index is 2.17. The molecule has 0 bridgehead atoms. The van der Waals surface area contributed by atoms with Gasteiger partial charge in [0.25, 0.3) is 0 Å². The summed E-state index contributed by atoms with van der Waals surface area (Å²) >= 11 is 8.05. The normalized spacial score (nSPS) is 10.3. The molecule has 1 aromatic heterocycles. The van der Waals surface area contributed by atoms with Crippen LogP contribution in [0, 0.1) is 3.57 Å². The van der Waals surface area contributed by atoms with Gasteiger partial charge in [-0.15, -0.1) is 0 Å². The first kappa shape index (κ1) is 14.3. The van der Waals surface area contributed by atoms with Crippen molar-refractivity contribution in [1.29, 1.82) is 0 Å². The molecule has 0 aliphatic heterocycles. The first-order valence-electron chi connectivity index (χ1n) is 5.76. The first-order valence-corrected chi connectivity index (χ1v) is 7.22. The van der Waals surface area contributed by atoms with Crippen LogP contribution in [0.15, 0.2) is 24.3 Å². The molecule has 0 aliphatic carbocycles. The van der Waals surface area contributed by atoms with Crippen molar-refractivity contribution >= 4 is 40.1 Å². The maximum Gasteiger partial charge on any atom is 0.328 e. The number of benzene rings is 1. The van der Waals surface area contributed by atoms with E-state index in [1.165, 1.54) is 0 Å². The number of aromatic nitrogens is 3. The van der Waals surface area contributed by atoms with Crippen molar-refractivity contribution in [2.24, 2.45) is 0 Å². The number of hydrogen-bond donors (Lipinski definition) is 1. The number of ether oxygens (including phenoxy) is 1. The molecule has 0 atom stereocenters. The highest BCUT2D eigenvalue weighted by molar-refractivity contribution is 14.1. The van der Waals surface area contributed by atoms with E-state index in [2.05, 4.69) is 49.8 Å². The molecule has 1 aromatic carbocycles. The van der Waals surface area contributed by atoms with Gasteiger partial charge in [-0.2, -0.15) is 15.0 Å². The van der Waals surface area contributed by atoms with Gasteiger partial charge in [-0.25, -0.2) is 0 Å². The third kappa shape index (κ3) is 4.46. The second-order valence-electron chi connectivity index (χ2n) is 3.70. The predicted octanol–water partition coefficient (Wildman–Crippen LogP) is 3.74. The van der Waals surface area contributed by atoms with Crippen LogP contribution in [0.1, 0.15) is 13.3 Å². The fraction of sp³-hybridized carbons (Fsp3) is 0.250. The minimum absolute atomic E-state index is 0.106. The Kier molecular flexibility index (Phi) is 5.15. The molecule has 0 saturated carbocycles. The average molecular weight is 391 g/mol. The van der Waals surface area contributed by atoms with Crippen molar-refractivity contribution in [3.8, 4) is 11.8 Å². The second-order valence-corrected chi connectivity index (χ2v) is 5.28. The lowest BCUT2D eigenvalue weighted by atomic mass is 10.3. The summed E-state index contributed by atoms with van der Waals surface area (Å²) in [6.45, 7) is 2.82. The summed E-state index contributed by atoms with van der Waals surface area (Å²) in [5.41, 5.74) is 0. The molecule has 0 fully saturated rings. The Morgan fingerprint density at radius 1 is 1.32 bits per heavy atom. The Morgan fingerprint density at radius 2 is 2.16 bits per heavy atom. The van der Waals surface area contributed by atoms with Crippen LogP contribution in [-0.4, -0.2) is 21.5 Å². The van der Waals surface area contributed by atoms with Crippen molar-refractivity contribution in [3.63, 3.8) is 0 Å². The smallest absolute Gasteiger partial charge is 0.328 e. The second kappa shape index (κ2) is 6.85. The van der Waals surface area contributed by atoms with E-state index < -0.39 is 0 Å². The molecule has 0 aliphatic rings. The zero-order valence-corrected chi connectivity index (χ0v) is 13.1. The van der Waals surface area contributed by atoms with Crippen LogP contribution in [0.4, 0.5) is 5.95 Å². The largest absolute Gasteiger partial charge is 0.424 e. The highest BCUT2D eigenvalue weighted by Crippen LogP contribution is 2.21. The van der Waals surface area contributed by atoms with E-state index in [9.17, 15) is 0 Å². The highest BCUT2D eigenvalue weighted by Gasteiger charge is 2.07. The summed E-state index contributed by atoms with van der Waals surface area (Å²) in [4.78, 5) is 12.1. The zero-order valence-electron chi connectivity index (χ0n) is 10.2. The number of nitrogens with one attached hydrogen (secondary N) is 1. The molecule has 0 amide bonds. The van der Waals surface area contributed by atoms with Gasteiger partial charge >= 0.3 is 6.01 Å². The van der Waals surface area contributed by atoms with Crippen LogP contribution in [0.25, 0.3) is 0 Å². The minimum Gasteiger partial charge on any atom is -0.424 e. The van der Waals surface area contributed by atoms with Crippen LogP contribution in [0.3, 0.4) is 0 Å². The standard InChI is InChI=1S/C12H12ClIN4O/c1-2-6-15-11-16-10(13)17-12(18-11)19-9-5-3-4-8(14)7-9/h3-5,7H,2,6H2,1H3,(H,15,16,17,18). The van der Waals surface area contributed by atoms with E-state index in [1.807, 2.05) is 24.3 Å². The topological polar surface area (TPSA) is 59.9 Å². The third-order valence-electron chi connectivity index (χ3n) is 2.13. The molecule has 19 heavy (non-hydrogen) atoms. The number of nitrogens with zero attached hydrogens (tertiary/aromatic N) is 3. The number of rotatable bonds is 5. The van der Waals surface area contributed by atoms with Gasteiger partial charge in [-0.1, -0.05) is 13.0 Å². The van der Waals surface area contributed by atoms with Crippen LogP contribution in [0.2, 0.25) is 5.28 Å². The molecule has 2 rings (SSSR count). The molecule has 0 unspecified atom stereocenters. The average Bonchev–Trinajstić information content (AvgIpc) is 2.35. The van der Waals surface area contributed by atoms with Crippen molar-refractivity contribution in [1.82, 2.24) is 15.0 Å². The van der Waals surface area contributed by atoms with Crippen molar-refractivity contribution in [2.45, 2.75) is 13.3 Å². The lowest BCUT2D eigenvalue weighted by Crippen LogP contribution is -2.06. The third-order valence-corrected chi connectivity index (χ3v) is 2.97. The Hall–Kier alpha value is -1.15. The predicted molar refractivity (Wildman–Crippen MR) is 82.9 cm³/mol. The number of halogens is 2. The summed E-state index contributed by atoms with van der Waals surface area (Å²) < 4.78 is 6.64. The molecule has 2 aromatic rings. The lowest BCUT2D eigenvalue weighted by Gasteiger charge is -2.07. The molecular formula is C12H12ClIN4O. The van der Waals surface area contributed by atoms with Crippen LogP contribution < -0.4 is 10.1 Å². The summed E-state index contributed by atoms with van der Waals surface area (Å²) in [5, 5.41) is 3.15. The number of hydrogen-bond acceptors (Lipinski definition) is 5. The van der Waals surface area contributed by atoms with Gasteiger partial charge in [-0.3, -0.25) is 0 Å². The van der Waals surface area contributed by atoms with E-state index in [0.717, 1.165) is 16.5 Å². The molecule has 100 valence electrons. The summed E-state index contributed by atoms with van der Waals surface area (Å²) in [5.74, 6) is 1.08. The molecule has 0 radical (unpaired) electrons. The van der Waals surface area contributed by atoms with E-state index in [0.29, 0.717) is 11.7 Å². The van der Waals surface area contributed by atoms with Gasteiger partial charge < -0.3 is 10.1 Å². The van der Waals surface area contributed by atoms with Crippen LogP contribution in [0.5, 0.6) is 11.8 Å². The summed E-state index contributed by atoms with van der Waals surface area (Å²) in [7, 11) is 0. The maximum absolute atomic E-state index is 5.84. The molecule has 1 N–H and O–H groups in total. The minimum atomic E-state index is 0.106. The zero-order chi connectivity index (χ0) is 13.7. The quantitative estimate of drug-likeness (QED) is 0.788. The van der Waals surface area contributed by atoms with Crippen LogP contribution >= 0.6 is 34.2 Å². The van der Waals surface area contributed by atoms with E-state index in [-0.39, 0.29) is 11.3 Å². The maximum atomic E-state index is 5.84. The van der Waals surface area contributed by atoms with Gasteiger partial charge in [0.1, 0.15) is 5.75 Å². The van der Waals surface area contributed by atoms with Crippen molar-refractivity contribution < 1.29 is 4.74 Å². The monoisotopic (exact) mass is 390 g/mol. The van der Waals surface area contributed by atoms with Gasteiger partial charge in [0.15, 0.2) is 0 Å². The molecule has 0 spiro atoms. The van der Waals surface area contributed by atoms with Crippen molar-refractivity contribution in [2.75, 3.05) is 11.9 Å². The molecule has 0 saturated heterocycles. The van der Waals surface area contributed by atoms with E-state index >= 15 is 0 Å². The Bertz CT molecular complexity index is 567. The highest BCUT2D eigenvalue weighted by atomic mass is 127.